The van der Waals surface area contributed by atoms with Crippen molar-refractivity contribution in [3.8, 4) is 11.5 Å². The number of fused-ring (bicyclic) bond motifs is 1. The first-order valence-electron chi connectivity index (χ1n) is 6.98. The largest absolute Gasteiger partial charge is 0.478 e. The molecule has 0 radical (unpaired) electrons. The maximum atomic E-state index is 13.9. The van der Waals surface area contributed by atoms with Gasteiger partial charge in [0.2, 0.25) is 0 Å². The third-order valence-electron chi connectivity index (χ3n) is 3.51. The highest BCUT2D eigenvalue weighted by molar-refractivity contribution is 6.30. The van der Waals surface area contributed by atoms with Gasteiger partial charge in [0.25, 0.3) is 0 Å². The highest BCUT2D eigenvalue weighted by atomic mass is 35.5. The van der Waals surface area contributed by atoms with E-state index in [-0.39, 0.29) is 22.1 Å². The summed E-state index contributed by atoms with van der Waals surface area (Å²) in [5, 5.41) is 9.62. The van der Waals surface area contributed by atoms with Crippen LogP contribution < -0.4 is 9.47 Å². The Morgan fingerprint density at radius 3 is 2.36 bits per heavy atom. The normalized spacial score (nSPS) is 19.4. The molecule has 1 heterocycles. The molecule has 4 nitrogen and oxygen atoms in total. The zero-order valence-corrected chi connectivity index (χ0v) is 13.1. The van der Waals surface area contributed by atoms with Gasteiger partial charge < -0.3 is 14.6 Å². The summed E-state index contributed by atoms with van der Waals surface area (Å²) in [6.45, 7) is 0. The molecular weight excluding hydrogens is 361 g/mol. The van der Waals surface area contributed by atoms with Gasteiger partial charge >= 0.3 is 17.9 Å². The summed E-state index contributed by atoms with van der Waals surface area (Å²) in [7, 11) is 0. The maximum Gasteiger partial charge on any atom is 0.473 e. The molecule has 1 aliphatic rings. The monoisotopic (exact) mass is 370 g/mol. The van der Waals surface area contributed by atoms with Gasteiger partial charge in [-0.25, -0.2) is 4.79 Å². The number of hydrogen-bond acceptors (Lipinski definition) is 3. The number of rotatable bonds is 3. The Kier molecular flexibility index (Phi) is 4.12. The minimum atomic E-state index is -5.16. The molecule has 3 rings (SSSR count). The van der Waals surface area contributed by atoms with Crippen LogP contribution in [0.2, 0.25) is 5.02 Å². The van der Waals surface area contributed by atoms with Crippen LogP contribution in [0.4, 0.5) is 13.2 Å². The molecule has 1 unspecified atom stereocenters. The van der Waals surface area contributed by atoms with Gasteiger partial charge in [-0.3, -0.25) is 0 Å². The van der Waals surface area contributed by atoms with Gasteiger partial charge in [-0.2, -0.15) is 13.2 Å². The number of halogens is 4. The van der Waals surface area contributed by atoms with E-state index in [4.69, 9.17) is 21.1 Å². The summed E-state index contributed by atoms with van der Waals surface area (Å²) in [5.74, 6) is -5.67. The Bertz CT molecular complexity index is 846. The minimum Gasteiger partial charge on any atom is -0.478 e. The number of benzene rings is 2. The van der Waals surface area contributed by atoms with E-state index in [2.05, 4.69) is 0 Å². The quantitative estimate of drug-likeness (QED) is 0.862. The topological polar surface area (TPSA) is 55.8 Å². The molecule has 1 aliphatic heterocycles. The molecule has 8 heteroatoms. The molecular formula is C17H10ClF3O4. The standard InChI is InChI=1S/C17H10ClF3O4/c18-11-5-7-12(8-6-11)24-16(17(19,20)21)13(15(22)23)9-10-3-1-2-4-14(10)25-16/h1-9H,(H,22,23). The van der Waals surface area contributed by atoms with Crippen LogP contribution in [0.1, 0.15) is 5.56 Å². The number of carboxylic acid groups (broad SMARTS) is 1. The average Bonchev–Trinajstić information content (AvgIpc) is 2.55. The predicted octanol–water partition coefficient (Wildman–Crippen LogP) is 4.54. The Morgan fingerprint density at radius 2 is 1.76 bits per heavy atom. The molecule has 130 valence electrons. The summed E-state index contributed by atoms with van der Waals surface area (Å²) in [5.41, 5.74) is -0.867. The van der Waals surface area contributed by atoms with E-state index in [1.54, 1.807) is 6.07 Å². The van der Waals surface area contributed by atoms with Crippen LogP contribution in [-0.2, 0) is 4.79 Å². The van der Waals surface area contributed by atoms with Crippen molar-refractivity contribution in [1.29, 1.82) is 0 Å². The predicted molar refractivity (Wildman–Crippen MR) is 83.5 cm³/mol. The lowest BCUT2D eigenvalue weighted by atomic mass is 9.97. The van der Waals surface area contributed by atoms with Gasteiger partial charge in [-0.15, -0.1) is 0 Å². The zero-order chi connectivity index (χ0) is 18.2. The Morgan fingerprint density at radius 1 is 1.12 bits per heavy atom. The van der Waals surface area contributed by atoms with Gasteiger partial charge in [-0.05, 0) is 36.4 Å². The number of ether oxygens (including phenoxy) is 2. The van der Waals surface area contributed by atoms with E-state index in [0.717, 1.165) is 6.08 Å². The summed E-state index contributed by atoms with van der Waals surface area (Å²) >= 11 is 5.71. The molecule has 2 aromatic carbocycles. The smallest absolute Gasteiger partial charge is 0.473 e. The van der Waals surface area contributed by atoms with Crippen LogP contribution >= 0.6 is 11.6 Å². The first-order chi connectivity index (χ1) is 11.7. The van der Waals surface area contributed by atoms with Crippen molar-refractivity contribution in [2.45, 2.75) is 12.0 Å². The number of carbonyl (C=O) groups is 1. The van der Waals surface area contributed by atoms with Gasteiger partial charge in [-0.1, -0.05) is 29.8 Å². The molecule has 0 aromatic heterocycles. The van der Waals surface area contributed by atoms with Crippen molar-refractivity contribution in [3.05, 3.63) is 64.7 Å². The highest BCUT2D eigenvalue weighted by Gasteiger charge is 2.66. The van der Waals surface area contributed by atoms with E-state index in [1.807, 2.05) is 0 Å². The van der Waals surface area contributed by atoms with Crippen molar-refractivity contribution >= 4 is 23.6 Å². The molecule has 0 spiro atoms. The summed E-state index contributed by atoms with van der Waals surface area (Å²) < 4.78 is 51.8. The van der Waals surface area contributed by atoms with Gasteiger partial charge in [0.15, 0.2) is 0 Å². The van der Waals surface area contributed by atoms with E-state index in [1.165, 1.54) is 42.5 Å². The molecule has 0 amide bonds. The second-order valence-corrected chi connectivity index (χ2v) is 5.61. The van der Waals surface area contributed by atoms with Crippen LogP contribution in [0.3, 0.4) is 0 Å². The average molecular weight is 371 g/mol. The van der Waals surface area contributed by atoms with Crippen LogP contribution in [-0.4, -0.2) is 23.0 Å². The van der Waals surface area contributed by atoms with E-state index >= 15 is 0 Å². The van der Waals surface area contributed by atoms with Crippen LogP contribution in [0.15, 0.2) is 54.1 Å². The molecule has 0 bridgehead atoms. The molecule has 0 saturated carbocycles. The first-order valence-corrected chi connectivity index (χ1v) is 7.35. The van der Waals surface area contributed by atoms with Gasteiger partial charge in [0.1, 0.15) is 17.1 Å². The SMILES string of the molecule is O=C(O)C1=Cc2ccccc2OC1(Oc1ccc(Cl)cc1)C(F)(F)F. The van der Waals surface area contributed by atoms with Crippen LogP contribution in [0, 0.1) is 0 Å². The molecule has 0 fully saturated rings. The minimum absolute atomic E-state index is 0.140. The Hall–Kier alpha value is -2.67. The summed E-state index contributed by atoms with van der Waals surface area (Å²) in [4.78, 5) is 11.5. The number of carboxylic acids is 1. The van der Waals surface area contributed by atoms with E-state index in [9.17, 15) is 23.1 Å². The number of aliphatic carboxylic acids is 1. The van der Waals surface area contributed by atoms with Crippen molar-refractivity contribution < 1.29 is 32.5 Å². The summed E-state index contributed by atoms with van der Waals surface area (Å²) in [6.07, 6.45) is -4.27. The lowest BCUT2D eigenvalue weighted by molar-refractivity contribution is -0.304. The first kappa shape index (κ1) is 17.2. The van der Waals surface area contributed by atoms with Crippen molar-refractivity contribution in [2.75, 3.05) is 0 Å². The second kappa shape index (κ2) is 6.00. The van der Waals surface area contributed by atoms with Crippen molar-refractivity contribution in [3.63, 3.8) is 0 Å². The lowest BCUT2D eigenvalue weighted by Gasteiger charge is -2.38. The Labute approximate surface area is 145 Å². The van der Waals surface area contributed by atoms with Crippen molar-refractivity contribution in [2.24, 2.45) is 0 Å². The third-order valence-corrected chi connectivity index (χ3v) is 3.76. The third kappa shape index (κ3) is 3.02. The van der Waals surface area contributed by atoms with E-state index < -0.39 is 23.5 Å². The fourth-order valence-corrected chi connectivity index (χ4v) is 2.49. The molecule has 1 N–H and O–H groups in total. The molecule has 0 aliphatic carbocycles. The Balaban J connectivity index is 2.17. The number of para-hydroxylation sites is 1. The van der Waals surface area contributed by atoms with Crippen LogP contribution in [0.25, 0.3) is 6.08 Å². The number of alkyl halides is 3. The molecule has 1 atom stereocenters. The molecule has 0 saturated heterocycles. The highest BCUT2D eigenvalue weighted by Crippen LogP contribution is 2.46. The van der Waals surface area contributed by atoms with E-state index in [0.29, 0.717) is 0 Å². The van der Waals surface area contributed by atoms with Crippen molar-refractivity contribution in [1.82, 2.24) is 0 Å². The van der Waals surface area contributed by atoms with Crippen LogP contribution in [0.5, 0.6) is 11.5 Å². The number of hydrogen-bond donors (Lipinski definition) is 1. The van der Waals surface area contributed by atoms with Gasteiger partial charge in [0.05, 0.1) is 0 Å². The van der Waals surface area contributed by atoms with Gasteiger partial charge in [0, 0.05) is 10.6 Å². The molecule has 25 heavy (non-hydrogen) atoms. The lowest BCUT2D eigenvalue weighted by Crippen LogP contribution is -2.59. The fourth-order valence-electron chi connectivity index (χ4n) is 2.37. The second-order valence-electron chi connectivity index (χ2n) is 5.17. The fraction of sp³-hybridized carbons (Fsp3) is 0.118. The maximum absolute atomic E-state index is 13.9. The molecule has 2 aromatic rings. The zero-order valence-electron chi connectivity index (χ0n) is 12.4. The summed E-state index contributed by atoms with van der Waals surface area (Å²) in [6, 6.07) is 10.8.